The van der Waals surface area contributed by atoms with E-state index in [1.807, 2.05) is 0 Å². The maximum Gasteiger partial charge on any atom is 0.256 e. The Morgan fingerprint density at radius 3 is 2.58 bits per heavy atom. The molecule has 0 heterocycles. The van der Waals surface area contributed by atoms with Crippen molar-refractivity contribution in [3.63, 3.8) is 0 Å². The van der Waals surface area contributed by atoms with Gasteiger partial charge in [0.2, 0.25) is 0 Å². The van der Waals surface area contributed by atoms with Crippen LogP contribution in [0.15, 0.2) is 40.9 Å². The lowest BCUT2D eigenvalue weighted by Gasteiger charge is -2.08. The van der Waals surface area contributed by atoms with Crippen LogP contribution in [0.5, 0.6) is 0 Å². The van der Waals surface area contributed by atoms with Crippen molar-refractivity contribution in [1.29, 1.82) is 0 Å². The van der Waals surface area contributed by atoms with Gasteiger partial charge in [-0.2, -0.15) is 0 Å². The third-order valence-electron chi connectivity index (χ3n) is 2.45. The molecule has 0 unspecified atom stereocenters. The van der Waals surface area contributed by atoms with E-state index < -0.39 is 17.5 Å². The van der Waals surface area contributed by atoms with Crippen molar-refractivity contribution in [2.24, 2.45) is 0 Å². The van der Waals surface area contributed by atoms with Crippen molar-refractivity contribution in [2.45, 2.75) is 0 Å². The minimum atomic E-state index is -0.565. The Bertz CT molecular complexity index is 647. The monoisotopic (exact) mass is 326 g/mol. The van der Waals surface area contributed by atoms with E-state index in [9.17, 15) is 13.6 Å². The molecule has 2 aromatic rings. The predicted molar refractivity (Wildman–Crippen MR) is 72.9 cm³/mol. The molecule has 2 aromatic carbocycles. The molecule has 6 heteroatoms. The van der Waals surface area contributed by atoms with Crippen molar-refractivity contribution in [1.82, 2.24) is 0 Å². The summed E-state index contributed by atoms with van der Waals surface area (Å²) in [6.07, 6.45) is 0. The van der Waals surface area contributed by atoms with Gasteiger partial charge in [-0.05, 0) is 46.3 Å². The highest BCUT2D eigenvalue weighted by atomic mass is 79.9. The highest BCUT2D eigenvalue weighted by Crippen LogP contribution is 2.22. The van der Waals surface area contributed by atoms with Crippen LogP contribution in [0.3, 0.4) is 0 Å². The number of anilines is 2. The fourth-order valence-electron chi connectivity index (χ4n) is 1.50. The quantitative estimate of drug-likeness (QED) is 0.829. The van der Waals surface area contributed by atoms with E-state index in [4.69, 9.17) is 5.73 Å². The fourth-order valence-corrected chi connectivity index (χ4v) is 1.94. The largest absolute Gasteiger partial charge is 0.396 e. The summed E-state index contributed by atoms with van der Waals surface area (Å²) >= 11 is 3.00. The molecule has 0 saturated carbocycles. The number of rotatable bonds is 2. The maximum absolute atomic E-state index is 13.3. The molecule has 0 atom stereocenters. The standard InChI is InChI=1S/C13H9BrF2N2O/c14-12-8(2-1-3-10(12)16)13(19)18-7-4-5-9(15)11(17)6-7/h1-6H,17H2,(H,18,19). The lowest BCUT2D eigenvalue weighted by atomic mass is 10.2. The summed E-state index contributed by atoms with van der Waals surface area (Å²) in [5.74, 6) is -1.62. The molecule has 0 saturated heterocycles. The van der Waals surface area contributed by atoms with Crippen LogP contribution in [-0.4, -0.2) is 5.91 Å². The van der Waals surface area contributed by atoms with Gasteiger partial charge >= 0.3 is 0 Å². The van der Waals surface area contributed by atoms with Gasteiger partial charge in [-0.15, -0.1) is 0 Å². The molecule has 1 amide bonds. The van der Waals surface area contributed by atoms with Crippen LogP contribution in [0, 0.1) is 11.6 Å². The van der Waals surface area contributed by atoms with E-state index in [1.54, 1.807) is 0 Å². The number of nitrogen functional groups attached to an aromatic ring is 1. The second-order valence-electron chi connectivity index (χ2n) is 3.79. The van der Waals surface area contributed by atoms with Crippen LogP contribution in [0.2, 0.25) is 0 Å². The van der Waals surface area contributed by atoms with Gasteiger partial charge < -0.3 is 11.1 Å². The third-order valence-corrected chi connectivity index (χ3v) is 3.26. The molecule has 0 aliphatic heterocycles. The Morgan fingerprint density at radius 2 is 1.89 bits per heavy atom. The first-order valence-electron chi connectivity index (χ1n) is 5.29. The van der Waals surface area contributed by atoms with Gasteiger partial charge in [0.1, 0.15) is 11.6 Å². The number of carbonyl (C=O) groups is 1. The zero-order valence-electron chi connectivity index (χ0n) is 9.58. The average Bonchev–Trinajstić information content (AvgIpc) is 2.37. The normalized spacial score (nSPS) is 10.3. The van der Waals surface area contributed by atoms with Gasteiger partial charge in [0.25, 0.3) is 5.91 Å². The summed E-state index contributed by atoms with van der Waals surface area (Å²) in [7, 11) is 0. The molecule has 3 N–H and O–H groups in total. The highest BCUT2D eigenvalue weighted by molar-refractivity contribution is 9.10. The van der Waals surface area contributed by atoms with Gasteiger partial charge in [-0.1, -0.05) is 6.07 Å². The minimum Gasteiger partial charge on any atom is -0.396 e. The van der Waals surface area contributed by atoms with Crippen molar-refractivity contribution >= 4 is 33.2 Å². The number of hydrogen-bond donors (Lipinski definition) is 2. The summed E-state index contributed by atoms with van der Waals surface area (Å²) in [5.41, 5.74) is 5.80. The summed E-state index contributed by atoms with van der Waals surface area (Å²) in [6, 6.07) is 7.93. The molecular weight excluding hydrogens is 318 g/mol. The Hall–Kier alpha value is -1.95. The van der Waals surface area contributed by atoms with Crippen molar-refractivity contribution in [3.8, 4) is 0 Å². The number of nitrogens with two attached hydrogens (primary N) is 1. The number of nitrogens with one attached hydrogen (secondary N) is 1. The molecule has 3 nitrogen and oxygen atoms in total. The first-order valence-corrected chi connectivity index (χ1v) is 6.08. The number of hydrogen-bond acceptors (Lipinski definition) is 2. The second-order valence-corrected chi connectivity index (χ2v) is 4.58. The SMILES string of the molecule is Nc1cc(NC(=O)c2cccc(F)c2Br)ccc1F. The number of carbonyl (C=O) groups excluding carboxylic acids is 1. The van der Waals surface area contributed by atoms with Crippen LogP contribution >= 0.6 is 15.9 Å². The van der Waals surface area contributed by atoms with E-state index in [0.717, 1.165) is 6.07 Å². The first-order chi connectivity index (χ1) is 8.99. The molecule has 2 rings (SSSR count). The van der Waals surface area contributed by atoms with Crippen molar-refractivity contribution < 1.29 is 13.6 Å². The van der Waals surface area contributed by atoms with E-state index in [1.165, 1.54) is 30.3 Å². The lowest BCUT2D eigenvalue weighted by molar-refractivity contribution is 0.102. The summed E-state index contributed by atoms with van der Waals surface area (Å²) in [5, 5.41) is 2.51. The van der Waals surface area contributed by atoms with Gasteiger partial charge in [-0.25, -0.2) is 8.78 Å². The zero-order chi connectivity index (χ0) is 14.0. The number of halogens is 3. The van der Waals surface area contributed by atoms with Gasteiger partial charge in [0.15, 0.2) is 0 Å². The summed E-state index contributed by atoms with van der Waals surface area (Å²) < 4.78 is 26.4. The van der Waals surface area contributed by atoms with Crippen LogP contribution in [0.25, 0.3) is 0 Å². The van der Waals surface area contributed by atoms with E-state index >= 15 is 0 Å². The Labute approximate surface area is 116 Å². The molecular formula is C13H9BrF2N2O. The molecule has 19 heavy (non-hydrogen) atoms. The van der Waals surface area contributed by atoms with E-state index in [2.05, 4.69) is 21.2 Å². The predicted octanol–water partition coefficient (Wildman–Crippen LogP) is 3.56. The molecule has 0 radical (unpaired) electrons. The van der Waals surface area contributed by atoms with Gasteiger partial charge in [-0.3, -0.25) is 4.79 Å². The molecule has 98 valence electrons. The maximum atomic E-state index is 13.3. The van der Waals surface area contributed by atoms with Crippen LogP contribution in [-0.2, 0) is 0 Å². The topological polar surface area (TPSA) is 55.1 Å². The van der Waals surface area contributed by atoms with Crippen molar-refractivity contribution in [2.75, 3.05) is 11.1 Å². The van der Waals surface area contributed by atoms with E-state index in [0.29, 0.717) is 5.69 Å². The number of benzene rings is 2. The summed E-state index contributed by atoms with van der Waals surface area (Å²) in [4.78, 5) is 11.9. The average molecular weight is 327 g/mol. The smallest absolute Gasteiger partial charge is 0.256 e. The molecule has 0 fully saturated rings. The Kier molecular flexibility index (Phi) is 3.80. The summed E-state index contributed by atoms with van der Waals surface area (Å²) in [6.45, 7) is 0. The Morgan fingerprint density at radius 1 is 1.16 bits per heavy atom. The van der Waals surface area contributed by atoms with E-state index in [-0.39, 0.29) is 15.7 Å². The fraction of sp³-hybridized carbons (Fsp3) is 0. The first kappa shape index (κ1) is 13.5. The van der Waals surface area contributed by atoms with Crippen molar-refractivity contribution in [3.05, 3.63) is 58.1 Å². The van der Waals surface area contributed by atoms with Gasteiger partial charge in [0, 0.05) is 5.69 Å². The van der Waals surface area contributed by atoms with Crippen LogP contribution in [0.1, 0.15) is 10.4 Å². The lowest BCUT2D eigenvalue weighted by Crippen LogP contribution is -2.13. The minimum absolute atomic E-state index is 0.0718. The molecule has 0 aromatic heterocycles. The third kappa shape index (κ3) is 2.90. The molecule has 0 bridgehead atoms. The van der Waals surface area contributed by atoms with Crippen LogP contribution < -0.4 is 11.1 Å². The molecule has 0 spiro atoms. The second kappa shape index (κ2) is 5.36. The highest BCUT2D eigenvalue weighted by Gasteiger charge is 2.13. The van der Waals surface area contributed by atoms with Gasteiger partial charge in [0.05, 0.1) is 15.7 Å². The molecule has 0 aliphatic carbocycles. The molecule has 0 aliphatic rings. The number of amides is 1. The Balaban J connectivity index is 2.26. The van der Waals surface area contributed by atoms with Crippen LogP contribution in [0.4, 0.5) is 20.2 Å². The zero-order valence-corrected chi connectivity index (χ0v) is 11.2.